The summed E-state index contributed by atoms with van der Waals surface area (Å²) in [6.07, 6.45) is 3.74. The van der Waals surface area contributed by atoms with E-state index in [2.05, 4.69) is 20.3 Å². The summed E-state index contributed by atoms with van der Waals surface area (Å²) in [4.78, 5) is 14.1. The topological polar surface area (TPSA) is 58.4 Å². The quantitative estimate of drug-likeness (QED) is 0.582. The van der Waals surface area contributed by atoms with Gasteiger partial charge in [0.15, 0.2) is 5.65 Å². The van der Waals surface area contributed by atoms with Gasteiger partial charge in [-0.3, -0.25) is 0 Å². The summed E-state index contributed by atoms with van der Waals surface area (Å²) in [5.41, 5.74) is 2.90. The van der Waals surface area contributed by atoms with Crippen LogP contribution in [0.4, 0.5) is 24.7 Å². The second kappa shape index (κ2) is 7.30. The fraction of sp³-hybridized carbons (Fsp3) is 0.450. The molecule has 1 aliphatic heterocycles. The van der Waals surface area contributed by atoms with Gasteiger partial charge >= 0.3 is 6.18 Å². The number of halogens is 4. The summed E-state index contributed by atoms with van der Waals surface area (Å²) in [5.74, 6) is 0.981. The number of fused-ring (bicyclic) bond motifs is 1. The molecule has 2 aliphatic rings. The van der Waals surface area contributed by atoms with Crippen LogP contribution >= 0.6 is 11.6 Å². The molecule has 10 heteroatoms. The summed E-state index contributed by atoms with van der Waals surface area (Å²) in [7, 11) is 0. The predicted octanol–water partition coefficient (Wildman–Crippen LogP) is 4.80. The molecular weight excluding hydrogens is 417 g/mol. The Morgan fingerprint density at radius 2 is 1.97 bits per heavy atom. The monoisotopic (exact) mass is 436 g/mol. The van der Waals surface area contributed by atoms with Crippen molar-refractivity contribution in [2.45, 2.75) is 50.4 Å². The number of alkyl halides is 3. The Bertz CT molecular complexity index is 1080. The van der Waals surface area contributed by atoms with Gasteiger partial charge in [0.1, 0.15) is 23.3 Å². The molecule has 1 unspecified atom stereocenters. The van der Waals surface area contributed by atoms with Gasteiger partial charge in [-0.2, -0.15) is 13.2 Å². The van der Waals surface area contributed by atoms with Crippen LogP contribution in [0.5, 0.6) is 0 Å². The van der Waals surface area contributed by atoms with E-state index < -0.39 is 12.2 Å². The molecule has 0 bridgehead atoms. The lowest BCUT2D eigenvalue weighted by Gasteiger charge is -2.29. The molecule has 3 aromatic heterocycles. The summed E-state index contributed by atoms with van der Waals surface area (Å²) in [6.45, 7) is 0.754. The largest absolute Gasteiger partial charge is 0.408 e. The number of imidazole rings is 1. The lowest BCUT2D eigenvalue weighted by atomic mass is 10.1. The maximum absolute atomic E-state index is 13.6. The van der Waals surface area contributed by atoms with Gasteiger partial charge < -0.3 is 14.6 Å². The molecule has 1 atom stereocenters. The van der Waals surface area contributed by atoms with E-state index in [0.717, 1.165) is 18.4 Å². The third-order valence-corrected chi connectivity index (χ3v) is 5.88. The maximum Gasteiger partial charge on any atom is 0.408 e. The highest BCUT2D eigenvalue weighted by molar-refractivity contribution is 6.29. The van der Waals surface area contributed by atoms with Crippen LogP contribution in [0.25, 0.3) is 5.65 Å². The number of anilines is 2. The van der Waals surface area contributed by atoms with Gasteiger partial charge in [0.2, 0.25) is 0 Å². The molecule has 1 N–H and O–H groups in total. The van der Waals surface area contributed by atoms with Crippen molar-refractivity contribution in [3.05, 3.63) is 47.3 Å². The van der Waals surface area contributed by atoms with Crippen molar-refractivity contribution in [2.24, 2.45) is 0 Å². The van der Waals surface area contributed by atoms with Crippen LogP contribution in [0.15, 0.2) is 30.9 Å². The van der Waals surface area contributed by atoms with Crippen molar-refractivity contribution < 1.29 is 13.2 Å². The normalized spacial score (nSPS) is 19.6. The van der Waals surface area contributed by atoms with Gasteiger partial charge in [0.25, 0.3) is 0 Å². The predicted molar refractivity (Wildman–Crippen MR) is 108 cm³/mol. The standard InChI is InChI=1S/C20H20ClF3N6/c21-17-7-18(27-11-26-17)25-8-14-10-29-9-13(12-3-4-12)6-15(19(29)28-14)30-5-1-2-16(30)20(22,23)24/h6-7,9-12,16H,1-5,8H2,(H,25,26,27). The molecule has 1 saturated carbocycles. The number of nitrogens with zero attached hydrogens (tertiary/aromatic N) is 5. The van der Waals surface area contributed by atoms with E-state index in [1.807, 2.05) is 22.9 Å². The van der Waals surface area contributed by atoms with E-state index in [9.17, 15) is 13.2 Å². The second-order valence-corrected chi connectivity index (χ2v) is 8.26. The lowest BCUT2D eigenvalue weighted by molar-refractivity contribution is -0.145. The van der Waals surface area contributed by atoms with Gasteiger partial charge in [-0.1, -0.05) is 11.6 Å². The molecule has 0 amide bonds. The van der Waals surface area contributed by atoms with E-state index in [0.29, 0.717) is 53.4 Å². The summed E-state index contributed by atoms with van der Waals surface area (Å²) in [5, 5.41) is 3.45. The molecule has 0 aromatic carbocycles. The zero-order valence-electron chi connectivity index (χ0n) is 16.0. The van der Waals surface area contributed by atoms with Crippen LogP contribution < -0.4 is 10.2 Å². The number of aromatic nitrogens is 4. The van der Waals surface area contributed by atoms with Crippen molar-refractivity contribution in [3.63, 3.8) is 0 Å². The zero-order valence-corrected chi connectivity index (χ0v) is 16.8. The fourth-order valence-corrected chi connectivity index (χ4v) is 4.24. The molecule has 1 saturated heterocycles. The van der Waals surface area contributed by atoms with E-state index >= 15 is 0 Å². The Labute approximate surface area is 176 Å². The molecule has 5 rings (SSSR count). The van der Waals surface area contributed by atoms with Crippen LogP contribution in [0.1, 0.15) is 42.9 Å². The maximum atomic E-state index is 13.6. The number of rotatable bonds is 5. The Morgan fingerprint density at radius 1 is 1.13 bits per heavy atom. The first kappa shape index (κ1) is 19.4. The van der Waals surface area contributed by atoms with E-state index in [1.54, 1.807) is 6.07 Å². The summed E-state index contributed by atoms with van der Waals surface area (Å²) < 4.78 is 42.7. The molecule has 4 heterocycles. The molecule has 6 nitrogen and oxygen atoms in total. The highest BCUT2D eigenvalue weighted by Gasteiger charge is 2.46. The fourth-order valence-electron chi connectivity index (χ4n) is 4.10. The molecule has 158 valence electrons. The van der Waals surface area contributed by atoms with Gasteiger partial charge in [-0.05, 0) is 43.2 Å². The average molecular weight is 437 g/mol. The van der Waals surface area contributed by atoms with E-state index in [1.165, 1.54) is 11.2 Å². The number of pyridine rings is 1. The summed E-state index contributed by atoms with van der Waals surface area (Å²) >= 11 is 5.88. The molecule has 30 heavy (non-hydrogen) atoms. The molecule has 2 fully saturated rings. The van der Waals surface area contributed by atoms with Crippen LogP contribution in [0.3, 0.4) is 0 Å². The number of hydrogen-bond acceptors (Lipinski definition) is 5. The first-order valence-corrected chi connectivity index (χ1v) is 10.3. The van der Waals surface area contributed by atoms with Crippen LogP contribution in [-0.4, -0.2) is 38.1 Å². The average Bonchev–Trinajstić information content (AvgIpc) is 3.26. The third-order valence-electron chi connectivity index (χ3n) is 5.68. The minimum atomic E-state index is -4.26. The molecule has 0 radical (unpaired) electrons. The molecule has 1 aliphatic carbocycles. The highest BCUT2D eigenvalue weighted by atomic mass is 35.5. The summed E-state index contributed by atoms with van der Waals surface area (Å²) in [6, 6.07) is 2.05. The van der Waals surface area contributed by atoms with E-state index in [4.69, 9.17) is 11.6 Å². The van der Waals surface area contributed by atoms with Crippen LogP contribution in [-0.2, 0) is 6.54 Å². The minimum Gasteiger partial charge on any atom is -0.364 e. The first-order chi connectivity index (χ1) is 14.4. The third kappa shape index (κ3) is 3.78. The first-order valence-electron chi connectivity index (χ1n) is 9.95. The van der Waals surface area contributed by atoms with Gasteiger partial charge in [-0.15, -0.1) is 0 Å². The van der Waals surface area contributed by atoms with E-state index in [-0.39, 0.29) is 6.42 Å². The van der Waals surface area contributed by atoms with Crippen molar-refractivity contribution in [1.29, 1.82) is 0 Å². The Balaban J connectivity index is 1.50. The van der Waals surface area contributed by atoms with Crippen molar-refractivity contribution >= 4 is 28.8 Å². The Hall–Kier alpha value is -2.55. The zero-order chi connectivity index (χ0) is 20.9. The molecule has 3 aromatic rings. The second-order valence-electron chi connectivity index (χ2n) is 7.87. The van der Waals surface area contributed by atoms with Gasteiger partial charge in [-0.25, -0.2) is 15.0 Å². The smallest absolute Gasteiger partial charge is 0.364 e. The SMILES string of the molecule is FC(F)(F)C1CCCN1c1cc(C2CC2)cn2cc(CNc3cc(Cl)ncn3)nc12. The number of hydrogen-bond donors (Lipinski definition) is 1. The van der Waals surface area contributed by atoms with Gasteiger partial charge in [0, 0.05) is 25.0 Å². The van der Waals surface area contributed by atoms with Crippen molar-refractivity contribution in [1.82, 2.24) is 19.4 Å². The Morgan fingerprint density at radius 3 is 2.70 bits per heavy atom. The van der Waals surface area contributed by atoms with Crippen molar-refractivity contribution in [2.75, 3.05) is 16.8 Å². The van der Waals surface area contributed by atoms with Crippen molar-refractivity contribution in [3.8, 4) is 0 Å². The molecule has 0 spiro atoms. The van der Waals surface area contributed by atoms with Crippen LogP contribution in [0, 0.1) is 0 Å². The number of nitrogens with one attached hydrogen (secondary N) is 1. The lowest BCUT2D eigenvalue weighted by Crippen LogP contribution is -2.41. The van der Waals surface area contributed by atoms with Crippen LogP contribution in [0.2, 0.25) is 5.15 Å². The van der Waals surface area contributed by atoms with Gasteiger partial charge in [0.05, 0.1) is 17.9 Å². The minimum absolute atomic E-state index is 0.118. The molecular formula is C20H20ClF3N6. The highest BCUT2D eigenvalue weighted by Crippen LogP contribution is 2.44. The Kier molecular flexibility index (Phi) is 4.72.